The first kappa shape index (κ1) is 21.9. The number of ether oxygens (including phenoxy) is 2. The van der Waals surface area contributed by atoms with Crippen LogP contribution in [0.5, 0.6) is 5.75 Å². The van der Waals surface area contributed by atoms with Crippen molar-refractivity contribution < 1.29 is 19.1 Å². The molecule has 0 fully saturated rings. The lowest BCUT2D eigenvalue weighted by atomic mass is 10.1. The van der Waals surface area contributed by atoms with Gasteiger partial charge in [0.2, 0.25) is 0 Å². The summed E-state index contributed by atoms with van der Waals surface area (Å²) >= 11 is 1.63. The van der Waals surface area contributed by atoms with Crippen molar-refractivity contribution in [3.63, 3.8) is 0 Å². The summed E-state index contributed by atoms with van der Waals surface area (Å²) in [5, 5.41) is 3.08. The molecule has 5 rings (SSSR count). The highest BCUT2D eigenvalue weighted by Crippen LogP contribution is 2.37. The van der Waals surface area contributed by atoms with Crippen LogP contribution in [0.2, 0.25) is 0 Å². The summed E-state index contributed by atoms with van der Waals surface area (Å²) in [6.45, 7) is 0.362. The molecule has 6 nitrogen and oxygen atoms in total. The van der Waals surface area contributed by atoms with Crippen LogP contribution in [0, 0.1) is 0 Å². The first-order valence-corrected chi connectivity index (χ1v) is 11.7. The monoisotopic (exact) mass is 470 g/mol. The van der Waals surface area contributed by atoms with Gasteiger partial charge in [0.1, 0.15) is 5.75 Å². The Morgan fingerprint density at radius 3 is 2.62 bits per heavy atom. The SMILES string of the molecule is COC(=O)c1ccc(CN2C(=O)COc3ccc(-c4csc(Cc5ccccc5)n4)cc32)cc1. The van der Waals surface area contributed by atoms with E-state index in [9.17, 15) is 9.59 Å². The van der Waals surface area contributed by atoms with Gasteiger partial charge in [0, 0.05) is 17.4 Å². The van der Waals surface area contributed by atoms with E-state index in [0.29, 0.717) is 23.5 Å². The van der Waals surface area contributed by atoms with Gasteiger partial charge in [0.25, 0.3) is 5.91 Å². The largest absolute Gasteiger partial charge is 0.482 e. The number of anilines is 1. The molecule has 7 heteroatoms. The maximum absolute atomic E-state index is 12.8. The van der Waals surface area contributed by atoms with Crippen LogP contribution < -0.4 is 9.64 Å². The van der Waals surface area contributed by atoms with E-state index in [1.165, 1.54) is 12.7 Å². The molecule has 34 heavy (non-hydrogen) atoms. The molecule has 1 amide bonds. The fourth-order valence-corrected chi connectivity index (χ4v) is 4.71. The van der Waals surface area contributed by atoms with E-state index in [4.69, 9.17) is 14.5 Å². The van der Waals surface area contributed by atoms with Gasteiger partial charge in [-0.1, -0.05) is 42.5 Å². The van der Waals surface area contributed by atoms with E-state index in [2.05, 4.69) is 12.1 Å². The summed E-state index contributed by atoms with van der Waals surface area (Å²) in [4.78, 5) is 31.0. The number of amides is 1. The van der Waals surface area contributed by atoms with Crippen molar-refractivity contribution in [3.8, 4) is 17.0 Å². The van der Waals surface area contributed by atoms with Crippen molar-refractivity contribution in [2.45, 2.75) is 13.0 Å². The molecule has 1 aliphatic rings. The second-order valence-corrected chi connectivity index (χ2v) is 8.87. The van der Waals surface area contributed by atoms with Crippen LogP contribution in [-0.4, -0.2) is 30.6 Å². The number of carbonyl (C=O) groups excluding carboxylic acids is 2. The van der Waals surface area contributed by atoms with Crippen LogP contribution in [-0.2, 0) is 22.5 Å². The minimum absolute atomic E-state index is 0.00941. The molecule has 4 aromatic rings. The number of nitrogens with zero attached hydrogens (tertiary/aromatic N) is 2. The second-order valence-electron chi connectivity index (χ2n) is 7.93. The third kappa shape index (κ3) is 4.56. The lowest BCUT2D eigenvalue weighted by Gasteiger charge is -2.30. The van der Waals surface area contributed by atoms with Gasteiger partial charge in [-0.3, -0.25) is 4.79 Å². The van der Waals surface area contributed by atoms with Gasteiger partial charge in [-0.05, 0) is 41.5 Å². The number of hydrogen-bond donors (Lipinski definition) is 0. The maximum atomic E-state index is 12.8. The van der Waals surface area contributed by atoms with E-state index in [1.807, 2.05) is 53.9 Å². The Hall–Kier alpha value is -3.97. The summed E-state index contributed by atoms with van der Waals surface area (Å²) < 4.78 is 10.4. The molecule has 3 aromatic carbocycles. The van der Waals surface area contributed by atoms with Crippen molar-refractivity contribution in [3.05, 3.63) is 99.9 Å². The van der Waals surface area contributed by atoms with E-state index in [1.54, 1.807) is 28.4 Å². The summed E-state index contributed by atoms with van der Waals surface area (Å²) in [5.74, 6) is 0.151. The van der Waals surface area contributed by atoms with Gasteiger partial charge in [-0.15, -0.1) is 11.3 Å². The average Bonchev–Trinajstić information content (AvgIpc) is 3.34. The third-order valence-corrected chi connectivity index (χ3v) is 6.51. The van der Waals surface area contributed by atoms with Gasteiger partial charge in [-0.25, -0.2) is 9.78 Å². The fourth-order valence-electron chi connectivity index (χ4n) is 3.88. The Morgan fingerprint density at radius 1 is 1.06 bits per heavy atom. The summed E-state index contributed by atoms with van der Waals surface area (Å²) in [6.07, 6.45) is 0.783. The van der Waals surface area contributed by atoms with Gasteiger partial charge in [0.15, 0.2) is 6.61 Å². The Balaban J connectivity index is 1.40. The lowest BCUT2D eigenvalue weighted by Crippen LogP contribution is -2.38. The number of aromatic nitrogens is 1. The van der Waals surface area contributed by atoms with Crippen molar-refractivity contribution >= 4 is 28.9 Å². The number of thiazole rings is 1. The molecule has 0 aliphatic carbocycles. The van der Waals surface area contributed by atoms with Gasteiger partial charge >= 0.3 is 5.97 Å². The molecule has 0 saturated heterocycles. The number of hydrogen-bond acceptors (Lipinski definition) is 6. The molecule has 170 valence electrons. The second kappa shape index (κ2) is 9.49. The number of fused-ring (bicyclic) bond motifs is 1. The predicted molar refractivity (Wildman–Crippen MR) is 131 cm³/mol. The quantitative estimate of drug-likeness (QED) is 0.366. The van der Waals surface area contributed by atoms with Crippen LogP contribution in [0.4, 0.5) is 5.69 Å². The standard InChI is InChI=1S/C27H22N2O4S/c1-32-27(31)20-9-7-19(8-10-20)15-29-23-14-21(11-12-24(23)33-16-26(29)30)22-17-34-25(28-22)13-18-5-3-2-4-6-18/h2-12,14,17H,13,15-16H2,1H3. The lowest BCUT2D eigenvalue weighted by molar-refractivity contribution is -0.121. The molecule has 0 atom stereocenters. The predicted octanol–water partition coefficient (Wildman–Crippen LogP) is 5.11. The van der Waals surface area contributed by atoms with Crippen LogP contribution >= 0.6 is 11.3 Å². The zero-order valence-electron chi connectivity index (χ0n) is 18.6. The van der Waals surface area contributed by atoms with Crippen molar-refractivity contribution in [1.29, 1.82) is 0 Å². The van der Waals surface area contributed by atoms with Gasteiger partial charge in [0.05, 0.1) is 35.6 Å². The molecular weight excluding hydrogens is 448 g/mol. The van der Waals surface area contributed by atoms with Crippen LogP contribution in [0.1, 0.15) is 26.5 Å². The van der Waals surface area contributed by atoms with Crippen LogP contribution in [0.15, 0.2) is 78.2 Å². The van der Waals surface area contributed by atoms with E-state index in [0.717, 1.165) is 28.2 Å². The molecule has 1 aliphatic heterocycles. The molecular formula is C27H22N2O4S. The molecule has 0 spiro atoms. The molecule has 0 unspecified atom stereocenters. The van der Waals surface area contributed by atoms with Crippen molar-refractivity contribution in [2.75, 3.05) is 18.6 Å². The Bertz CT molecular complexity index is 1330. The minimum Gasteiger partial charge on any atom is -0.482 e. The number of esters is 1. The maximum Gasteiger partial charge on any atom is 0.337 e. The summed E-state index contributed by atoms with van der Waals surface area (Å²) in [5.41, 5.74) is 5.11. The minimum atomic E-state index is -0.390. The topological polar surface area (TPSA) is 68.7 Å². The van der Waals surface area contributed by atoms with Crippen LogP contribution in [0.3, 0.4) is 0 Å². The zero-order chi connectivity index (χ0) is 23.5. The number of rotatable bonds is 6. The Morgan fingerprint density at radius 2 is 1.85 bits per heavy atom. The highest BCUT2D eigenvalue weighted by atomic mass is 32.1. The summed E-state index contributed by atoms with van der Waals surface area (Å²) in [6, 6.07) is 23.1. The fraction of sp³-hybridized carbons (Fsp3) is 0.148. The van der Waals surface area contributed by atoms with E-state index < -0.39 is 0 Å². The Kier molecular flexibility index (Phi) is 6.10. The highest BCUT2D eigenvalue weighted by Gasteiger charge is 2.26. The van der Waals surface area contributed by atoms with E-state index >= 15 is 0 Å². The average molecular weight is 471 g/mol. The molecule has 0 N–H and O–H groups in total. The Labute approximate surface area is 201 Å². The molecule has 1 aromatic heterocycles. The van der Waals surface area contributed by atoms with Gasteiger partial charge in [-0.2, -0.15) is 0 Å². The zero-order valence-corrected chi connectivity index (χ0v) is 19.4. The first-order chi connectivity index (χ1) is 16.6. The third-order valence-electron chi connectivity index (χ3n) is 5.66. The smallest absolute Gasteiger partial charge is 0.337 e. The number of methoxy groups -OCH3 is 1. The molecule has 0 saturated carbocycles. The highest BCUT2D eigenvalue weighted by molar-refractivity contribution is 7.10. The van der Waals surface area contributed by atoms with Crippen molar-refractivity contribution in [1.82, 2.24) is 4.98 Å². The molecule has 2 heterocycles. The van der Waals surface area contributed by atoms with Crippen molar-refractivity contribution in [2.24, 2.45) is 0 Å². The number of benzene rings is 3. The number of carbonyl (C=O) groups is 2. The van der Waals surface area contributed by atoms with Crippen LogP contribution in [0.25, 0.3) is 11.3 Å². The normalized spacial score (nSPS) is 12.7. The summed E-state index contributed by atoms with van der Waals surface area (Å²) in [7, 11) is 1.35. The first-order valence-electron chi connectivity index (χ1n) is 10.8. The molecule has 0 radical (unpaired) electrons. The van der Waals surface area contributed by atoms with E-state index in [-0.39, 0.29) is 18.5 Å². The molecule has 0 bridgehead atoms. The van der Waals surface area contributed by atoms with Gasteiger partial charge < -0.3 is 14.4 Å².